The summed E-state index contributed by atoms with van der Waals surface area (Å²) in [6, 6.07) is 0. The summed E-state index contributed by atoms with van der Waals surface area (Å²) in [5.74, 6) is -35.9. The van der Waals surface area contributed by atoms with Crippen LogP contribution in [0.5, 0.6) is 0 Å². The van der Waals surface area contributed by atoms with Crippen LogP contribution in [0.15, 0.2) is 0 Å². The Bertz CT molecular complexity index is 648. The molecule has 0 heterocycles. The largest absolute Gasteiger partial charge is 0.457 e. The first-order valence-electron chi connectivity index (χ1n) is 6.28. The van der Waals surface area contributed by atoms with Gasteiger partial charge in [0.15, 0.2) is 0 Å². The molecule has 0 aromatic heterocycles. The maximum Gasteiger partial charge on any atom is 0.457 e. The van der Waals surface area contributed by atoms with Gasteiger partial charge in [-0.3, -0.25) is 0 Å². The van der Waals surface area contributed by atoms with Gasteiger partial charge < -0.3 is 0 Å². The summed E-state index contributed by atoms with van der Waals surface area (Å²) < 4.78 is 261. The molecular formula is C10F20. The van der Waals surface area contributed by atoms with Crippen LogP contribution in [0.25, 0.3) is 0 Å². The second-order valence-electron chi connectivity index (χ2n) is 5.77. The Balaban J connectivity index is 4.48. The van der Waals surface area contributed by atoms with Crippen molar-refractivity contribution in [3.05, 3.63) is 0 Å². The number of rotatable bonds is 1. The van der Waals surface area contributed by atoms with Crippen LogP contribution in [0.4, 0.5) is 87.8 Å². The molecule has 0 spiro atoms. The van der Waals surface area contributed by atoms with Gasteiger partial charge in [-0.15, -0.1) is 0 Å². The molecule has 30 heavy (non-hydrogen) atoms. The summed E-state index contributed by atoms with van der Waals surface area (Å²) >= 11 is 0. The Morgan fingerprint density at radius 1 is 0.333 bits per heavy atom. The minimum Gasteiger partial charge on any atom is -0.223 e. The van der Waals surface area contributed by atoms with Gasteiger partial charge in [0, 0.05) is 0 Å². The summed E-state index contributed by atoms with van der Waals surface area (Å²) in [4.78, 5) is 0. The van der Waals surface area contributed by atoms with Crippen molar-refractivity contribution < 1.29 is 87.8 Å². The highest BCUT2D eigenvalue weighted by atomic mass is 19.4. The van der Waals surface area contributed by atoms with E-state index >= 15 is 0 Å². The van der Waals surface area contributed by atoms with Crippen molar-refractivity contribution in [1.82, 2.24) is 0 Å². The summed E-state index contributed by atoms with van der Waals surface area (Å²) in [6.07, 6.45) is -25.3. The van der Waals surface area contributed by atoms with Crippen molar-refractivity contribution >= 4 is 0 Å². The maximum atomic E-state index is 14.0. The lowest BCUT2D eigenvalue weighted by Crippen LogP contribution is -2.94. The van der Waals surface area contributed by atoms with Crippen LogP contribution in [-0.2, 0) is 0 Å². The van der Waals surface area contributed by atoms with E-state index in [1.54, 1.807) is 0 Å². The number of hydrogen-bond donors (Lipinski definition) is 0. The lowest BCUT2D eigenvalue weighted by atomic mass is 9.59. The first-order valence-corrected chi connectivity index (χ1v) is 6.28. The average molecular weight is 500 g/mol. The van der Waals surface area contributed by atoms with Gasteiger partial charge in [0.1, 0.15) is 0 Å². The highest BCUT2D eigenvalue weighted by Gasteiger charge is 3.11. The highest BCUT2D eigenvalue weighted by molar-refractivity contribution is 5.38. The fourth-order valence-corrected chi connectivity index (χ4v) is 2.61. The third-order valence-electron chi connectivity index (χ3n) is 4.17. The molecule has 180 valence electrons. The van der Waals surface area contributed by atoms with Gasteiger partial charge in [-0.05, 0) is 0 Å². The van der Waals surface area contributed by atoms with Gasteiger partial charge in [0.25, 0.3) is 0 Å². The zero-order chi connectivity index (χ0) is 25.0. The van der Waals surface area contributed by atoms with E-state index in [1.165, 1.54) is 0 Å². The minimum absolute atomic E-state index is 8.29. The van der Waals surface area contributed by atoms with Crippen molar-refractivity contribution in [2.24, 2.45) is 0 Å². The van der Waals surface area contributed by atoms with Crippen LogP contribution >= 0.6 is 0 Å². The van der Waals surface area contributed by atoms with Crippen molar-refractivity contribution in [1.29, 1.82) is 0 Å². The molecule has 1 aliphatic rings. The molecule has 2 unspecified atom stereocenters. The van der Waals surface area contributed by atoms with E-state index in [-0.39, 0.29) is 0 Å². The van der Waals surface area contributed by atoms with Crippen LogP contribution in [0.3, 0.4) is 0 Å². The fraction of sp³-hybridized carbons (Fsp3) is 1.00. The van der Waals surface area contributed by atoms with E-state index in [0.717, 1.165) is 0 Å². The monoisotopic (exact) mass is 500 g/mol. The second kappa shape index (κ2) is 5.69. The van der Waals surface area contributed by atoms with Gasteiger partial charge >= 0.3 is 59.2 Å². The quantitative estimate of drug-likeness (QED) is 0.369. The molecule has 1 fully saturated rings. The predicted molar refractivity (Wildman–Crippen MR) is 49.5 cm³/mol. The number of halogens is 20. The van der Waals surface area contributed by atoms with Crippen molar-refractivity contribution in [2.45, 2.75) is 59.2 Å². The molecule has 1 rings (SSSR count). The molecule has 0 amide bonds. The van der Waals surface area contributed by atoms with E-state index in [9.17, 15) is 87.8 Å². The van der Waals surface area contributed by atoms with Crippen molar-refractivity contribution in [2.75, 3.05) is 0 Å². The van der Waals surface area contributed by atoms with Crippen LogP contribution in [0.2, 0.25) is 0 Å². The standard InChI is InChI=1S/C10F20/c11-1(7(20,21)10(28,29)30)4(14,15)2(12,8(22,23)24)6(18,19)3(13,5(1,16)17)9(25,26)27. The predicted octanol–water partition coefficient (Wildman–Crippen LogP) is 6.35. The van der Waals surface area contributed by atoms with E-state index in [0.29, 0.717) is 0 Å². The van der Waals surface area contributed by atoms with E-state index < -0.39 is 59.2 Å². The molecule has 0 saturated heterocycles. The lowest BCUT2D eigenvalue weighted by molar-refractivity contribution is -0.534. The van der Waals surface area contributed by atoms with Gasteiger partial charge in [-0.1, -0.05) is 0 Å². The van der Waals surface area contributed by atoms with E-state index in [4.69, 9.17) is 0 Å². The fourth-order valence-electron chi connectivity index (χ4n) is 2.61. The maximum absolute atomic E-state index is 14.0. The normalized spacial score (nSPS) is 37.2. The molecular weight excluding hydrogens is 500 g/mol. The molecule has 1 aliphatic carbocycles. The lowest BCUT2D eigenvalue weighted by Gasteiger charge is -2.59. The average Bonchev–Trinajstić information content (AvgIpc) is 2.46. The van der Waals surface area contributed by atoms with E-state index in [2.05, 4.69) is 0 Å². The molecule has 1 saturated carbocycles. The molecule has 2 atom stereocenters. The van der Waals surface area contributed by atoms with Crippen LogP contribution in [0.1, 0.15) is 0 Å². The van der Waals surface area contributed by atoms with Crippen LogP contribution < -0.4 is 0 Å². The molecule has 20 heteroatoms. The van der Waals surface area contributed by atoms with Gasteiger partial charge in [0.05, 0.1) is 0 Å². The smallest absolute Gasteiger partial charge is 0.223 e. The van der Waals surface area contributed by atoms with Crippen LogP contribution in [-0.4, -0.2) is 59.2 Å². The Morgan fingerprint density at radius 2 is 0.533 bits per heavy atom. The molecule has 0 radical (unpaired) electrons. The first-order chi connectivity index (χ1) is 12.5. The summed E-state index contributed by atoms with van der Waals surface area (Å²) in [7, 11) is 0. The summed E-state index contributed by atoms with van der Waals surface area (Å²) in [5, 5.41) is 0. The SMILES string of the molecule is FC(F)(F)C(F)(F)C1(F)C(F)(F)C(F)(C(F)(F)F)C(F)(F)C(F)(C(F)(F)F)C1(F)F. The van der Waals surface area contributed by atoms with Gasteiger partial charge in [-0.25, -0.2) is 13.2 Å². The first kappa shape index (κ1) is 26.6. The zero-order valence-electron chi connectivity index (χ0n) is 12.6. The van der Waals surface area contributed by atoms with Gasteiger partial charge in [-0.2, -0.15) is 74.6 Å². The zero-order valence-corrected chi connectivity index (χ0v) is 12.6. The van der Waals surface area contributed by atoms with Crippen molar-refractivity contribution in [3.63, 3.8) is 0 Å². The summed E-state index contributed by atoms with van der Waals surface area (Å²) in [6.45, 7) is 0. The third-order valence-corrected chi connectivity index (χ3v) is 4.17. The third kappa shape index (κ3) is 2.22. The summed E-state index contributed by atoms with van der Waals surface area (Å²) in [5.41, 5.74) is -27.2. The van der Waals surface area contributed by atoms with Crippen molar-refractivity contribution in [3.8, 4) is 0 Å². The van der Waals surface area contributed by atoms with Gasteiger partial charge in [0.2, 0.25) is 0 Å². The Kier molecular flexibility index (Phi) is 5.05. The van der Waals surface area contributed by atoms with E-state index in [1.807, 2.05) is 0 Å². The molecule has 0 aliphatic heterocycles. The molecule has 0 aromatic rings. The molecule has 0 bridgehead atoms. The Morgan fingerprint density at radius 3 is 0.700 bits per heavy atom. The van der Waals surface area contributed by atoms with Crippen LogP contribution in [0, 0.1) is 0 Å². The highest BCUT2D eigenvalue weighted by Crippen LogP contribution is 2.77. The number of alkyl halides is 20. The number of hydrogen-bond acceptors (Lipinski definition) is 0. The molecule has 0 aromatic carbocycles. The minimum atomic E-state index is -9.21. The Hall–Kier alpha value is -1.40. The Labute approximate surface area is 148 Å². The topological polar surface area (TPSA) is 0 Å². The second-order valence-corrected chi connectivity index (χ2v) is 5.77. The molecule has 0 N–H and O–H groups in total. The molecule has 0 nitrogen and oxygen atoms in total.